The topological polar surface area (TPSA) is 120 Å². The molecule has 1 fully saturated rings. The van der Waals surface area contributed by atoms with Crippen LogP contribution < -0.4 is 11.2 Å². The van der Waals surface area contributed by atoms with Crippen molar-refractivity contribution in [1.29, 1.82) is 0 Å². The zero-order valence-corrected chi connectivity index (χ0v) is 15.5. The number of carbonyl (C=O) groups is 1. The number of hydrogen-bond acceptors (Lipinski definition) is 7. The summed E-state index contributed by atoms with van der Waals surface area (Å²) in [5, 5.41) is 9.66. The van der Waals surface area contributed by atoms with Crippen LogP contribution in [0.3, 0.4) is 0 Å². The Labute approximate surface area is 160 Å². The summed E-state index contributed by atoms with van der Waals surface area (Å²) < 4.78 is 18.1. The molecule has 3 rings (SSSR count). The van der Waals surface area contributed by atoms with Crippen molar-refractivity contribution < 1.29 is 24.1 Å². The lowest BCUT2D eigenvalue weighted by Gasteiger charge is -2.41. The van der Waals surface area contributed by atoms with E-state index in [-0.39, 0.29) is 6.61 Å². The predicted octanol–water partition coefficient (Wildman–Crippen LogP) is 0.0178. The van der Waals surface area contributed by atoms with E-state index in [0.717, 1.165) is 0 Å². The van der Waals surface area contributed by atoms with E-state index in [9.17, 15) is 19.5 Å². The number of aryl methyl sites for hydroxylation is 1. The monoisotopic (exact) mass is 390 g/mol. The molecule has 150 valence electrons. The predicted molar refractivity (Wildman–Crippen MR) is 98.4 cm³/mol. The fourth-order valence-electron chi connectivity index (χ4n) is 3.27. The fourth-order valence-corrected chi connectivity index (χ4v) is 3.27. The number of H-pyrrole nitrogens is 1. The number of aromatic amines is 1. The second kappa shape index (κ2) is 8.51. The number of aliphatic hydroxyl groups is 1. The van der Waals surface area contributed by atoms with Gasteiger partial charge in [0, 0.05) is 18.9 Å². The summed E-state index contributed by atoms with van der Waals surface area (Å²) in [7, 11) is 1.42. The van der Waals surface area contributed by atoms with Crippen molar-refractivity contribution in [1.82, 2.24) is 9.55 Å². The quantitative estimate of drug-likeness (QED) is 0.691. The molecule has 4 atom stereocenters. The highest BCUT2D eigenvalue weighted by Gasteiger charge is 2.44. The Balaban J connectivity index is 1.93. The first-order valence-corrected chi connectivity index (χ1v) is 8.79. The number of carbonyl (C=O) groups excluding carboxylic acids is 1. The molecule has 0 saturated carbocycles. The summed E-state index contributed by atoms with van der Waals surface area (Å²) in [5.74, 6) is -0.597. The van der Waals surface area contributed by atoms with Crippen LogP contribution >= 0.6 is 0 Å². The maximum absolute atomic E-state index is 12.5. The molecule has 1 aliphatic rings. The maximum atomic E-state index is 12.5. The minimum atomic E-state index is -0.958. The first kappa shape index (κ1) is 20.0. The molecule has 2 heterocycles. The smallest absolute Gasteiger partial charge is 0.338 e. The van der Waals surface area contributed by atoms with E-state index in [1.165, 1.54) is 17.9 Å². The van der Waals surface area contributed by atoms with Gasteiger partial charge in [0.05, 0.1) is 24.8 Å². The molecular formula is C19H22N2O7. The normalized spacial score (nSPS) is 24.7. The number of esters is 1. The maximum Gasteiger partial charge on any atom is 0.338 e. The summed E-state index contributed by atoms with van der Waals surface area (Å²) in [4.78, 5) is 38.7. The first-order chi connectivity index (χ1) is 13.5. The van der Waals surface area contributed by atoms with Gasteiger partial charge in [-0.05, 0) is 19.1 Å². The molecule has 1 aromatic carbocycles. The van der Waals surface area contributed by atoms with Crippen molar-refractivity contribution in [2.24, 2.45) is 0 Å². The number of ether oxygens (including phenoxy) is 3. The number of aromatic nitrogens is 2. The van der Waals surface area contributed by atoms with Crippen LogP contribution in [0, 0.1) is 6.92 Å². The molecule has 0 amide bonds. The van der Waals surface area contributed by atoms with Gasteiger partial charge in [-0.15, -0.1) is 0 Å². The second-order valence-electron chi connectivity index (χ2n) is 6.54. The summed E-state index contributed by atoms with van der Waals surface area (Å²) in [5.41, 5.74) is -0.418. The van der Waals surface area contributed by atoms with Crippen LogP contribution in [0.15, 0.2) is 46.1 Å². The van der Waals surface area contributed by atoms with Crippen LogP contribution in [0.1, 0.15) is 22.0 Å². The molecule has 0 spiro atoms. The summed E-state index contributed by atoms with van der Waals surface area (Å²) in [6.07, 6.45) is -1.13. The van der Waals surface area contributed by atoms with Crippen LogP contribution in [0.25, 0.3) is 0 Å². The van der Waals surface area contributed by atoms with Gasteiger partial charge in [-0.1, -0.05) is 18.2 Å². The Bertz CT molecular complexity index is 937. The van der Waals surface area contributed by atoms with E-state index in [0.29, 0.717) is 11.1 Å². The third-order valence-electron chi connectivity index (χ3n) is 4.76. The van der Waals surface area contributed by atoms with Crippen LogP contribution in [0.5, 0.6) is 0 Å². The van der Waals surface area contributed by atoms with Crippen LogP contribution in [-0.4, -0.2) is 59.3 Å². The fraction of sp³-hybridized carbons (Fsp3) is 0.421. The van der Waals surface area contributed by atoms with Gasteiger partial charge < -0.3 is 19.3 Å². The minimum Gasteiger partial charge on any atom is -0.453 e. The molecule has 0 radical (unpaired) electrons. The molecule has 1 unspecified atom stereocenters. The van der Waals surface area contributed by atoms with Crippen LogP contribution in [0.4, 0.5) is 0 Å². The summed E-state index contributed by atoms with van der Waals surface area (Å²) >= 11 is 0. The highest BCUT2D eigenvalue weighted by molar-refractivity contribution is 5.89. The number of aliphatic hydroxyl groups excluding tert-OH is 1. The largest absolute Gasteiger partial charge is 0.453 e. The van der Waals surface area contributed by atoms with Gasteiger partial charge >= 0.3 is 11.7 Å². The molecule has 1 saturated heterocycles. The van der Waals surface area contributed by atoms with Crippen molar-refractivity contribution >= 4 is 5.97 Å². The highest BCUT2D eigenvalue weighted by Crippen LogP contribution is 2.28. The SMILES string of the molecule is CO[C@@H]1[C@H](OC(=O)c2ccccc2)C(CO)OC[C@H]1n1cc(C)c(=O)[nH]c1=O. The lowest BCUT2D eigenvalue weighted by atomic mass is 9.97. The van der Waals surface area contributed by atoms with E-state index < -0.39 is 48.2 Å². The standard InChI is InChI=1S/C19H22N2O7/c1-11-8-21(19(25)20-17(11)23)13-10-27-14(9-22)16(15(13)26-2)28-18(24)12-6-4-3-5-7-12/h3-8,13-16,22H,9-10H2,1-2H3,(H,20,23,25)/t13-,14?,15+,16-/m1/s1. The molecule has 1 aromatic heterocycles. The molecular weight excluding hydrogens is 368 g/mol. The Hall–Kier alpha value is -2.75. The molecule has 2 N–H and O–H groups in total. The number of nitrogens with zero attached hydrogens (tertiary/aromatic N) is 1. The van der Waals surface area contributed by atoms with E-state index in [4.69, 9.17) is 14.2 Å². The Morgan fingerprint density at radius 2 is 2.00 bits per heavy atom. The van der Waals surface area contributed by atoms with Gasteiger partial charge in [-0.25, -0.2) is 9.59 Å². The first-order valence-electron chi connectivity index (χ1n) is 8.79. The van der Waals surface area contributed by atoms with Gasteiger partial charge in [0.1, 0.15) is 12.2 Å². The number of benzene rings is 1. The number of nitrogens with one attached hydrogen (secondary N) is 1. The molecule has 9 heteroatoms. The van der Waals surface area contributed by atoms with E-state index >= 15 is 0 Å². The van der Waals surface area contributed by atoms with E-state index in [1.54, 1.807) is 37.3 Å². The van der Waals surface area contributed by atoms with E-state index in [1.807, 2.05) is 0 Å². The molecule has 28 heavy (non-hydrogen) atoms. The van der Waals surface area contributed by atoms with Crippen molar-refractivity contribution in [3.8, 4) is 0 Å². The lowest BCUT2D eigenvalue weighted by molar-refractivity contribution is -0.181. The van der Waals surface area contributed by atoms with Crippen LogP contribution in [-0.2, 0) is 14.2 Å². The van der Waals surface area contributed by atoms with Gasteiger partial charge in [0.2, 0.25) is 0 Å². The Kier molecular flexibility index (Phi) is 6.08. The number of methoxy groups -OCH3 is 1. The van der Waals surface area contributed by atoms with Gasteiger partial charge in [-0.3, -0.25) is 14.3 Å². The molecule has 0 bridgehead atoms. The average molecular weight is 390 g/mol. The average Bonchev–Trinajstić information content (AvgIpc) is 2.71. The number of rotatable bonds is 5. The lowest BCUT2D eigenvalue weighted by Crippen LogP contribution is -2.56. The van der Waals surface area contributed by atoms with Gasteiger partial charge in [0.15, 0.2) is 6.10 Å². The van der Waals surface area contributed by atoms with Crippen molar-refractivity contribution in [3.63, 3.8) is 0 Å². The highest BCUT2D eigenvalue weighted by atomic mass is 16.6. The zero-order valence-electron chi connectivity index (χ0n) is 15.5. The number of hydrogen-bond donors (Lipinski definition) is 2. The molecule has 0 aliphatic carbocycles. The zero-order chi connectivity index (χ0) is 20.3. The Morgan fingerprint density at radius 1 is 1.29 bits per heavy atom. The van der Waals surface area contributed by atoms with Gasteiger partial charge in [-0.2, -0.15) is 0 Å². The van der Waals surface area contributed by atoms with Crippen molar-refractivity contribution in [3.05, 3.63) is 68.5 Å². The third kappa shape index (κ3) is 3.91. The summed E-state index contributed by atoms with van der Waals surface area (Å²) in [6, 6.07) is 7.73. The van der Waals surface area contributed by atoms with Gasteiger partial charge in [0.25, 0.3) is 5.56 Å². The van der Waals surface area contributed by atoms with E-state index in [2.05, 4.69) is 4.98 Å². The summed E-state index contributed by atoms with van der Waals surface area (Å²) in [6.45, 7) is 1.22. The Morgan fingerprint density at radius 3 is 2.64 bits per heavy atom. The molecule has 2 aromatic rings. The second-order valence-corrected chi connectivity index (χ2v) is 6.54. The van der Waals surface area contributed by atoms with Crippen molar-refractivity contribution in [2.45, 2.75) is 31.3 Å². The third-order valence-corrected chi connectivity index (χ3v) is 4.76. The molecule has 1 aliphatic heterocycles. The molecule has 9 nitrogen and oxygen atoms in total. The van der Waals surface area contributed by atoms with Crippen LogP contribution in [0.2, 0.25) is 0 Å². The minimum absolute atomic E-state index is 0.0362. The van der Waals surface area contributed by atoms with Crippen molar-refractivity contribution in [2.75, 3.05) is 20.3 Å².